The first kappa shape index (κ1) is 24.6. The van der Waals surface area contributed by atoms with Crippen LogP contribution in [0.2, 0.25) is 0 Å². The fraction of sp³-hybridized carbons (Fsp3) is 0.143. The Hall–Kier alpha value is -4.40. The molecule has 0 fully saturated rings. The lowest BCUT2D eigenvalue weighted by Gasteiger charge is -1.98. The van der Waals surface area contributed by atoms with E-state index in [9.17, 15) is 0 Å². The van der Waals surface area contributed by atoms with E-state index in [0.29, 0.717) is 13.5 Å². The number of oxime groups is 2. The van der Waals surface area contributed by atoms with Crippen LogP contribution in [0, 0.1) is 30.6 Å². The molecule has 0 spiro atoms. The maximum absolute atomic E-state index is 8.42. The number of aromatic nitrogens is 2. The van der Waals surface area contributed by atoms with Gasteiger partial charge in [-0.1, -0.05) is 10.3 Å². The Morgan fingerprint density at radius 2 is 1.07 bits per heavy atom. The topological polar surface area (TPSA) is 215 Å². The summed E-state index contributed by atoms with van der Waals surface area (Å²) in [7, 11) is 0. The number of nitrogens with zero attached hydrogens (tertiary/aromatic N) is 6. The quantitative estimate of drug-likeness (QED) is 0.215. The summed E-state index contributed by atoms with van der Waals surface area (Å²) in [5.41, 5.74) is 1.62. The number of rotatable bonds is 6. The van der Waals surface area contributed by atoms with Crippen LogP contribution in [0.3, 0.4) is 0 Å². The summed E-state index contributed by atoms with van der Waals surface area (Å²) in [6.45, 7) is 0.812. The summed E-state index contributed by atoms with van der Waals surface area (Å²) in [5, 5.41) is 52.3. The Bertz CT molecular complexity index is 721. The van der Waals surface area contributed by atoms with Crippen LogP contribution in [0.1, 0.15) is 11.1 Å². The lowest BCUT2D eigenvalue weighted by molar-refractivity contribution is -0.788. The number of ether oxygens (including phenoxy) is 1. The summed E-state index contributed by atoms with van der Waals surface area (Å²) in [5.74, 6) is 0. The fourth-order valence-corrected chi connectivity index (χ4v) is 1.67. The average molecular weight is 412 g/mol. The minimum Gasteiger partial charge on any atom is -0.411 e. The van der Waals surface area contributed by atoms with Gasteiger partial charge in [0.05, 0.1) is 22.6 Å². The van der Waals surface area contributed by atoms with E-state index in [0.717, 1.165) is 11.1 Å². The van der Waals surface area contributed by atoms with Crippen molar-refractivity contribution < 1.29 is 34.5 Å². The minimum atomic E-state index is -1.75. The van der Waals surface area contributed by atoms with Gasteiger partial charge < -0.3 is 41.1 Å². The molecule has 0 radical (unpaired) electrons. The summed E-state index contributed by atoms with van der Waals surface area (Å²) in [6, 6.07) is 7.27. The van der Waals surface area contributed by atoms with Crippen LogP contribution in [0.25, 0.3) is 0 Å². The molecular weight excluding hydrogens is 396 g/mol. The zero-order valence-corrected chi connectivity index (χ0v) is 14.6. The molecule has 0 saturated heterocycles. The Labute approximate surface area is 162 Å². The van der Waals surface area contributed by atoms with Gasteiger partial charge in [0.1, 0.15) is 0 Å². The van der Waals surface area contributed by atoms with Crippen molar-refractivity contribution in [1.82, 2.24) is 0 Å². The molecule has 0 atom stereocenters. The van der Waals surface area contributed by atoms with Gasteiger partial charge in [0.25, 0.3) is 13.5 Å². The van der Waals surface area contributed by atoms with Crippen molar-refractivity contribution in [2.45, 2.75) is 13.5 Å². The molecule has 0 aromatic carbocycles. The largest absolute Gasteiger partial charge is 0.411 e. The summed E-state index contributed by atoms with van der Waals surface area (Å²) in [6.07, 6.45) is 10.1. The SMILES string of the molecule is O/N=C\c1cc[n+](COC[n+]2ccc(/C=N\O)cc2)cc1.O=[N+]([O-])[O-].O=[N+]([O-])[O-]. The number of pyridine rings is 2. The molecule has 0 bridgehead atoms. The minimum absolute atomic E-state index is 0.406. The average Bonchev–Trinajstić information content (AvgIpc) is 2.64. The van der Waals surface area contributed by atoms with E-state index in [2.05, 4.69) is 10.3 Å². The molecule has 0 unspecified atom stereocenters. The predicted molar refractivity (Wildman–Crippen MR) is 93.8 cm³/mol. The lowest BCUT2D eigenvalue weighted by Crippen LogP contribution is -2.40. The standard InChI is InChI=1S/C14H14N4O3.2NO3/c19-15-9-13-1-5-17(6-2-13)11-21-12-18-7-3-14(4-8-18)10-16-20;2*2-1(3)4/h1-10H,11-12H2;;/q;2*-1/p+2. The van der Waals surface area contributed by atoms with Gasteiger partial charge >= 0.3 is 0 Å². The highest BCUT2D eigenvalue weighted by Crippen LogP contribution is 1.91. The summed E-state index contributed by atoms with van der Waals surface area (Å²) < 4.78 is 9.29. The van der Waals surface area contributed by atoms with E-state index in [1.165, 1.54) is 12.4 Å². The highest BCUT2D eigenvalue weighted by atomic mass is 16.9. The smallest absolute Gasteiger partial charge is 0.257 e. The molecule has 2 aromatic rings. The van der Waals surface area contributed by atoms with E-state index in [1.807, 2.05) is 58.2 Å². The molecule has 156 valence electrons. The number of hydrogen-bond acceptors (Lipinski definition) is 11. The van der Waals surface area contributed by atoms with Crippen molar-refractivity contribution in [2.75, 3.05) is 0 Å². The summed E-state index contributed by atoms with van der Waals surface area (Å²) in [4.78, 5) is 16.5. The van der Waals surface area contributed by atoms with Crippen LogP contribution in [-0.4, -0.2) is 33.0 Å². The van der Waals surface area contributed by atoms with Gasteiger partial charge in [-0.25, -0.2) is 0 Å². The molecule has 2 N–H and O–H groups in total. The molecule has 29 heavy (non-hydrogen) atoms. The molecule has 0 aliphatic carbocycles. The highest BCUT2D eigenvalue weighted by Gasteiger charge is 2.04. The maximum Gasteiger partial charge on any atom is 0.257 e. The first-order chi connectivity index (χ1) is 13.8. The Morgan fingerprint density at radius 1 is 0.793 bits per heavy atom. The van der Waals surface area contributed by atoms with Gasteiger partial charge in [-0.05, 0) is 0 Å². The third-order valence-electron chi connectivity index (χ3n) is 2.73. The third-order valence-corrected chi connectivity index (χ3v) is 2.73. The second-order valence-corrected chi connectivity index (χ2v) is 4.69. The van der Waals surface area contributed by atoms with Crippen LogP contribution in [0.15, 0.2) is 59.4 Å². The molecule has 0 amide bonds. The molecule has 0 aliphatic rings. The lowest BCUT2D eigenvalue weighted by atomic mass is 10.3. The Balaban J connectivity index is 0.000000837. The highest BCUT2D eigenvalue weighted by molar-refractivity contribution is 5.78. The zero-order valence-electron chi connectivity index (χ0n) is 14.6. The zero-order chi connectivity index (χ0) is 22.1. The molecule has 0 aliphatic heterocycles. The van der Waals surface area contributed by atoms with Crippen LogP contribution in [-0.2, 0) is 18.2 Å². The molecule has 2 aromatic heterocycles. The molecule has 2 heterocycles. The van der Waals surface area contributed by atoms with Crippen molar-refractivity contribution in [3.8, 4) is 0 Å². The van der Waals surface area contributed by atoms with Gasteiger partial charge in [0, 0.05) is 35.4 Å². The second-order valence-electron chi connectivity index (χ2n) is 4.69. The fourth-order valence-electron chi connectivity index (χ4n) is 1.67. The second kappa shape index (κ2) is 14.7. The molecule has 15 nitrogen and oxygen atoms in total. The van der Waals surface area contributed by atoms with E-state index < -0.39 is 10.2 Å². The van der Waals surface area contributed by atoms with Crippen molar-refractivity contribution >= 4 is 12.4 Å². The molecule has 2 rings (SSSR count). The monoisotopic (exact) mass is 412 g/mol. The summed E-state index contributed by atoms with van der Waals surface area (Å²) >= 11 is 0. The molecular formula is C14H16N6O9. The van der Waals surface area contributed by atoms with Crippen LogP contribution in [0.4, 0.5) is 0 Å². The Morgan fingerprint density at radius 3 is 1.31 bits per heavy atom. The molecule has 15 heteroatoms. The van der Waals surface area contributed by atoms with Gasteiger partial charge in [-0.3, -0.25) is 4.74 Å². The molecule has 0 saturated carbocycles. The van der Waals surface area contributed by atoms with E-state index >= 15 is 0 Å². The van der Waals surface area contributed by atoms with Crippen LogP contribution < -0.4 is 9.13 Å². The first-order valence-corrected chi connectivity index (χ1v) is 7.32. The van der Waals surface area contributed by atoms with Crippen molar-refractivity contribution in [2.24, 2.45) is 10.3 Å². The normalized spacial score (nSPS) is 9.93. The third kappa shape index (κ3) is 14.5. The van der Waals surface area contributed by atoms with Gasteiger partial charge in [-0.2, -0.15) is 9.13 Å². The van der Waals surface area contributed by atoms with Gasteiger partial charge in [0.2, 0.25) is 0 Å². The maximum atomic E-state index is 8.42. The van der Waals surface area contributed by atoms with E-state index in [-0.39, 0.29) is 0 Å². The van der Waals surface area contributed by atoms with Crippen LogP contribution in [0.5, 0.6) is 0 Å². The van der Waals surface area contributed by atoms with Crippen molar-refractivity contribution in [3.05, 3.63) is 90.8 Å². The first-order valence-electron chi connectivity index (χ1n) is 7.32. The Kier molecular flexibility index (Phi) is 12.5. The van der Waals surface area contributed by atoms with Gasteiger partial charge in [0.15, 0.2) is 24.8 Å². The predicted octanol–water partition coefficient (Wildman–Crippen LogP) is 0.0314. The van der Waals surface area contributed by atoms with Crippen LogP contribution >= 0.6 is 0 Å². The van der Waals surface area contributed by atoms with Crippen molar-refractivity contribution in [1.29, 1.82) is 0 Å². The van der Waals surface area contributed by atoms with E-state index in [4.69, 9.17) is 45.8 Å². The van der Waals surface area contributed by atoms with E-state index in [1.54, 1.807) is 0 Å². The van der Waals surface area contributed by atoms with Crippen molar-refractivity contribution in [3.63, 3.8) is 0 Å². The number of hydrogen-bond donors (Lipinski definition) is 2. The van der Waals surface area contributed by atoms with Gasteiger partial charge in [-0.15, -0.1) is 0 Å².